The Kier molecular flexibility index (Phi) is 9.82. The quantitative estimate of drug-likeness (QED) is 0.774. The summed E-state index contributed by atoms with van der Waals surface area (Å²) in [5, 5.41) is 6.08. The Bertz CT molecular complexity index is 214. The monoisotopic (exact) mass is 264 g/mol. The normalized spacial score (nSPS) is 14.7. The van der Waals surface area contributed by atoms with Crippen LogP contribution < -0.4 is 10.6 Å². The van der Waals surface area contributed by atoms with Crippen molar-refractivity contribution in [2.45, 2.75) is 53.5 Å². The van der Waals surface area contributed by atoms with E-state index in [2.05, 4.69) is 38.3 Å². The molecule has 0 radical (unpaired) electrons. The lowest BCUT2D eigenvalue weighted by Gasteiger charge is -2.22. The molecule has 2 atom stereocenters. The molecule has 4 heteroatoms. The average molecular weight is 265 g/mol. The van der Waals surface area contributed by atoms with Gasteiger partial charge in [-0.15, -0.1) is 12.4 Å². The Morgan fingerprint density at radius 3 is 2.18 bits per heavy atom. The number of hydrogen-bond acceptors (Lipinski definition) is 2. The Hall–Kier alpha value is -0.280. The molecule has 0 saturated carbocycles. The van der Waals surface area contributed by atoms with Gasteiger partial charge in [-0.1, -0.05) is 27.7 Å². The van der Waals surface area contributed by atoms with Crippen LogP contribution in [0.1, 0.15) is 47.5 Å². The van der Waals surface area contributed by atoms with Crippen LogP contribution in [0.5, 0.6) is 0 Å². The van der Waals surface area contributed by atoms with Crippen molar-refractivity contribution in [3.8, 4) is 0 Å². The fourth-order valence-electron chi connectivity index (χ4n) is 1.51. The summed E-state index contributed by atoms with van der Waals surface area (Å²) in [6, 6.07) is 0.269. The van der Waals surface area contributed by atoms with Crippen LogP contribution in [0.3, 0.4) is 0 Å². The van der Waals surface area contributed by atoms with Crippen molar-refractivity contribution < 1.29 is 4.79 Å². The molecule has 0 aromatic carbocycles. The van der Waals surface area contributed by atoms with Gasteiger partial charge >= 0.3 is 0 Å². The second-order valence-corrected chi connectivity index (χ2v) is 5.97. The van der Waals surface area contributed by atoms with Crippen molar-refractivity contribution in [1.82, 2.24) is 10.6 Å². The van der Waals surface area contributed by atoms with E-state index in [0.29, 0.717) is 5.41 Å². The van der Waals surface area contributed by atoms with E-state index >= 15 is 0 Å². The molecule has 0 aliphatic rings. The molecule has 2 unspecified atom stereocenters. The highest BCUT2D eigenvalue weighted by atomic mass is 35.5. The molecule has 17 heavy (non-hydrogen) atoms. The summed E-state index contributed by atoms with van der Waals surface area (Å²) in [5.74, 6) is 0.192. The van der Waals surface area contributed by atoms with Crippen LogP contribution in [-0.4, -0.2) is 25.5 Å². The molecular weight excluding hydrogens is 236 g/mol. The lowest BCUT2D eigenvalue weighted by atomic mass is 9.89. The van der Waals surface area contributed by atoms with Crippen molar-refractivity contribution in [2.75, 3.05) is 13.6 Å². The van der Waals surface area contributed by atoms with E-state index in [4.69, 9.17) is 0 Å². The summed E-state index contributed by atoms with van der Waals surface area (Å²) in [6.07, 6.45) is 2.18. The van der Waals surface area contributed by atoms with Gasteiger partial charge in [-0.3, -0.25) is 4.79 Å². The standard InChI is InChI=1S/C13H28N2O.ClH/c1-10(9-14-6)12(16)15-11(2)7-8-13(3,4)5;/h10-11,14H,7-9H2,1-6H3,(H,15,16);1H. The minimum absolute atomic E-state index is 0. The van der Waals surface area contributed by atoms with E-state index in [1.165, 1.54) is 0 Å². The second kappa shape index (κ2) is 8.76. The Balaban J connectivity index is 0. The molecule has 2 N–H and O–H groups in total. The molecule has 0 aliphatic carbocycles. The molecule has 0 aliphatic heterocycles. The zero-order valence-electron chi connectivity index (χ0n) is 12.1. The molecule has 0 heterocycles. The first kappa shape index (κ1) is 19.1. The lowest BCUT2D eigenvalue weighted by molar-refractivity contribution is -0.125. The highest BCUT2D eigenvalue weighted by Gasteiger charge is 2.16. The minimum Gasteiger partial charge on any atom is -0.353 e. The largest absolute Gasteiger partial charge is 0.353 e. The van der Waals surface area contributed by atoms with E-state index in [9.17, 15) is 4.79 Å². The summed E-state index contributed by atoms with van der Waals surface area (Å²) in [5.41, 5.74) is 0.343. The van der Waals surface area contributed by atoms with Crippen molar-refractivity contribution in [3.63, 3.8) is 0 Å². The molecule has 0 spiro atoms. The SMILES string of the molecule is CNCC(C)C(=O)NC(C)CCC(C)(C)C.Cl. The third kappa shape index (κ3) is 10.6. The molecule has 0 fully saturated rings. The number of hydrogen-bond donors (Lipinski definition) is 2. The highest BCUT2D eigenvalue weighted by molar-refractivity contribution is 5.85. The summed E-state index contributed by atoms with van der Waals surface area (Å²) in [7, 11) is 1.87. The Morgan fingerprint density at radius 2 is 1.76 bits per heavy atom. The maximum absolute atomic E-state index is 11.7. The molecular formula is C13H29ClN2O. The number of rotatable bonds is 6. The maximum atomic E-state index is 11.7. The fourth-order valence-corrected chi connectivity index (χ4v) is 1.51. The number of carbonyl (C=O) groups is 1. The lowest BCUT2D eigenvalue weighted by Crippen LogP contribution is -2.39. The predicted octanol–water partition coefficient (Wildman–Crippen LogP) is 2.59. The first-order chi connectivity index (χ1) is 7.26. The number of halogens is 1. The number of nitrogens with one attached hydrogen (secondary N) is 2. The third-order valence-corrected chi connectivity index (χ3v) is 2.67. The zero-order valence-corrected chi connectivity index (χ0v) is 12.9. The second-order valence-electron chi connectivity index (χ2n) is 5.97. The van der Waals surface area contributed by atoms with Crippen molar-refractivity contribution in [1.29, 1.82) is 0 Å². The average Bonchev–Trinajstić information content (AvgIpc) is 2.14. The van der Waals surface area contributed by atoms with Gasteiger partial charge in [0.25, 0.3) is 0 Å². The third-order valence-electron chi connectivity index (χ3n) is 2.67. The first-order valence-corrected chi connectivity index (χ1v) is 6.21. The molecule has 3 nitrogen and oxygen atoms in total. The first-order valence-electron chi connectivity index (χ1n) is 6.21. The van der Waals surface area contributed by atoms with Crippen LogP contribution in [0.4, 0.5) is 0 Å². The van der Waals surface area contributed by atoms with E-state index < -0.39 is 0 Å². The van der Waals surface area contributed by atoms with Gasteiger partial charge in [-0.25, -0.2) is 0 Å². The van der Waals surface area contributed by atoms with Gasteiger partial charge in [0.2, 0.25) is 5.91 Å². The van der Waals surface area contributed by atoms with E-state index in [-0.39, 0.29) is 30.3 Å². The maximum Gasteiger partial charge on any atom is 0.224 e. The van der Waals surface area contributed by atoms with Crippen molar-refractivity contribution in [2.24, 2.45) is 11.3 Å². The van der Waals surface area contributed by atoms with Gasteiger partial charge in [0.05, 0.1) is 0 Å². The van der Waals surface area contributed by atoms with Gasteiger partial charge in [0.1, 0.15) is 0 Å². The van der Waals surface area contributed by atoms with E-state index in [0.717, 1.165) is 19.4 Å². The minimum atomic E-state index is 0. The number of carbonyl (C=O) groups excluding carboxylic acids is 1. The predicted molar refractivity (Wildman–Crippen MR) is 76.6 cm³/mol. The van der Waals surface area contributed by atoms with Crippen LogP contribution in [0.25, 0.3) is 0 Å². The van der Waals surface area contributed by atoms with Gasteiger partial charge in [-0.2, -0.15) is 0 Å². The van der Waals surface area contributed by atoms with Gasteiger partial charge < -0.3 is 10.6 Å². The topological polar surface area (TPSA) is 41.1 Å². The Morgan fingerprint density at radius 1 is 1.24 bits per heavy atom. The summed E-state index contributed by atoms with van der Waals surface area (Å²) in [4.78, 5) is 11.7. The van der Waals surface area contributed by atoms with Crippen LogP contribution in [0.2, 0.25) is 0 Å². The van der Waals surface area contributed by atoms with Crippen molar-refractivity contribution in [3.05, 3.63) is 0 Å². The zero-order chi connectivity index (χ0) is 12.8. The van der Waals surface area contributed by atoms with Crippen LogP contribution in [0.15, 0.2) is 0 Å². The molecule has 0 aromatic heterocycles. The fraction of sp³-hybridized carbons (Fsp3) is 0.923. The smallest absolute Gasteiger partial charge is 0.224 e. The van der Waals surface area contributed by atoms with E-state index in [1.807, 2.05) is 14.0 Å². The molecule has 0 bridgehead atoms. The molecule has 1 amide bonds. The van der Waals surface area contributed by atoms with Crippen LogP contribution >= 0.6 is 12.4 Å². The molecule has 104 valence electrons. The number of amides is 1. The molecule has 0 aromatic rings. The van der Waals surface area contributed by atoms with E-state index in [1.54, 1.807) is 0 Å². The van der Waals surface area contributed by atoms with Gasteiger partial charge in [0, 0.05) is 18.5 Å². The molecule has 0 rings (SSSR count). The van der Waals surface area contributed by atoms with Gasteiger partial charge in [-0.05, 0) is 32.2 Å². The van der Waals surface area contributed by atoms with Crippen LogP contribution in [0, 0.1) is 11.3 Å². The molecule has 0 saturated heterocycles. The summed E-state index contributed by atoms with van der Waals surface area (Å²) >= 11 is 0. The van der Waals surface area contributed by atoms with Gasteiger partial charge in [0.15, 0.2) is 0 Å². The van der Waals surface area contributed by atoms with Crippen molar-refractivity contribution >= 4 is 18.3 Å². The highest BCUT2D eigenvalue weighted by Crippen LogP contribution is 2.21. The van der Waals surface area contributed by atoms with Crippen LogP contribution in [-0.2, 0) is 4.79 Å². The summed E-state index contributed by atoms with van der Waals surface area (Å²) < 4.78 is 0. The Labute approximate surface area is 113 Å². The summed E-state index contributed by atoms with van der Waals surface area (Å²) in [6.45, 7) is 11.4.